The van der Waals surface area contributed by atoms with Crippen molar-refractivity contribution in [2.24, 2.45) is 0 Å². The number of aromatic hydroxyl groups is 1. The number of phenols is 1. The van der Waals surface area contributed by atoms with E-state index < -0.39 is 5.97 Å². The molecular formula is C24H13Br2N3O5. The monoisotopic (exact) mass is 581 g/mol. The van der Waals surface area contributed by atoms with Gasteiger partial charge in [0.1, 0.15) is 29.0 Å². The Balaban J connectivity index is 0.000000248. The maximum Gasteiger partial charge on any atom is 0.341 e. The third kappa shape index (κ3) is 4.99. The third-order valence-corrected chi connectivity index (χ3v) is 5.87. The highest BCUT2D eigenvalue weighted by Crippen LogP contribution is 2.33. The number of ether oxygens (including phenoxy) is 1. The molecule has 4 aromatic rings. The molecular weight excluding hydrogens is 570 g/mol. The van der Waals surface area contributed by atoms with Gasteiger partial charge >= 0.3 is 5.97 Å². The van der Waals surface area contributed by atoms with Gasteiger partial charge in [0.25, 0.3) is 0 Å². The number of carbonyl (C=O) groups is 2. The zero-order valence-electron chi connectivity index (χ0n) is 17.4. The Bertz CT molecular complexity index is 1500. The third-order valence-electron chi connectivity index (χ3n) is 4.55. The van der Waals surface area contributed by atoms with E-state index >= 15 is 0 Å². The number of nitrogens with zero attached hydrogens (tertiary/aromatic N) is 3. The molecule has 0 atom stereocenters. The van der Waals surface area contributed by atoms with Crippen molar-refractivity contribution in [3.05, 3.63) is 79.7 Å². The number of nitriles is 2. The topological polar surface area (TPSA) is 137 Å². The van der Waals surface area contributed by atoms with E-state index in [2.05, 4.69) is 47.6 Å². The fourth-order valence-corrected chi connectivity index (χ4v) is 3.85. The van der Waals surface area contributed by atoms with Crippen LogP contribution in [0.25, 0.3) is 22.6 Å². The van der Waals surface area contributed by atoms with Crippen LogP contribution < -0.4 is 0 Å². The first-order chi connectivity index (χ1) is 16.3. The number of methoxy groups -OCH3 is 1. The Morgan fingerprint density at radius 3 is 2.32 bits per heavy atom. The highest BCUT2D eigenvalue weighted by Gasteiger charge is 2.19. The molecule has 0 spiro atoms. The van der Waals surface area contributed by atoms with Gasteiger partial charge in [-0.1, -0.05) is 18.2 Å². The summed E-state index contributed by atoms with van der Waals surface area (Å²) in [7, 11) is 1.22. The van der Waals surface area contributed by atoms with Gasteiger partial charge in [-0.15, -0.1) is 0 Å². The molecule has 0 saturated carbocycles. The normalized spacial score (nSPS) is 9.91. The Kier molecular flexibility index (Phi) is 7.79. The lowest BCUT2D eigenvalue weighted by Gasteiger charge is -2.01. The van der Waals surface area contributed by atoms with Crippen LogP contribution in [-0.4, -0.2) is 29.5 Å². The smallest absolute Gasteiger partial charge is 0.341 e. The Hall–Kier alpha value is -3.99. The molecule has 0 aliphatic heterocycles. The van der Waals surface area contributed by atoms with Gasteiger partial charge in [-0.25, -0.2) is 9.78 Å². The molecule has 1 N–H and O–H groups in total. The molecule has 0 radical (unpaired) electrons. The number of hydrogen-bond donors (Lipinski definition) is 1. The zero-order valence-corrected chi connectivity index (χ0v) is 20.5. The summed E-state index contributed by atoms with van der Waals surface area (Å²) in [6.45, 7) is 0. The second-order valence-electron chi connectivity index (χ2n) is 6.56. The summed E-state index contributed by atoms with van der Waals surface area (Å²) in [6.07, 6.45) is 0.670. The van der Waals surface area contributed by atoms with Crippen LogP contribution in [0, 0.1) is 22.7 Å². The van der Waals surface area contributed by atoms with E-state index in [1.165, 1.54) is 19.2 Å². The van der Waals surface area contributed by atoms with Crippen molar-refractivity contribution in [1.82, 2.24) is 4.98 Å². The number of benzene rings is 3. The van der Waals surface area contributed by atoms with Gasteiger partial charge in [0.15, 0.2) is 11.9 Å². The van der Waals surface area contributed by atoms with E-state index in [0.29, 0.717) is 48.6 Å². The van der Waals surface area contributed by atoms with Crippen molar-refractivity contribution < 1.29 is 23.8 Å². The van der Waals surface area contributed by atoms with Crippen molar-refractivity contribution in [2.45, 2.75) is 0 Å². The number of halogens is 2. The number of oxazole rings is 1. The number of carbonyl (C=O) groups excluding carboxylic acids is 2. The number of aldehydes is 1. The van der Waals surface area contributed by atoms with E-state index in [0.717, 1.165) is 0 Å². The van der Waals surface area contributed by atoms with Gasteiger partial charge in [0.05, 0.1) is 23.8 Å². The summed E-state index contributed by atoms with van der Waals surface area (Å²) in [5.41, 5.74) is 2.38. The summed E-state index contributed by atoms with van der Waals surface area (Å²) in [4.78, 5) is 26.3. The molecule has 0 unspecified atom stereocenters. The van der Waals surface area contributed by atoms with Crippen molar-refractivity contribution >= 4 is 55.2 Å². The molecule has 0 aliphatic carbocycles. The minimum atomic E-state index is -0.672. The van der Waals surface area contributed by atoms with Gasteiger partial charge in [0, 0.05) is 20.6 Å². The van der Waals surface area contributed by atoms with Crippen molar-refractivity contribution in [3.8, 4) is 29.3 Å². The van der Waals surface area contributed by atoms with Crippen LogP contribution in [0.1, 0.15) is 31.8 Å². The quantitative estimate of drug-likeness (QED) is 0.238. The fourth-order valence-electron chi connectivity index (χ4n) is 2.92. The Labute approximate surface area is 210 Å². The predicted octanol–water partition coefficient (Wildman–Crippen LogP) is 5.75. The van der Waals surface area contributed by atoms with Crippen molar-refractivity contribution in [2.75, 3.05) is 7.11 Å². The zero-order chi connectivity index (χ0) is 24.8. The first-order valence-electron chi connectivity index (χ1n) is 9.39. The van der Waals surface area contributed by atoms with Crippen LogP contribution in [0.5, 0.6) is 5.75 Å². The molecule has 0 fully saturated rings. The molecule has 0 bridgehead atoms. The van der Waals surface area contributed by atoms with E-state index in [-0.39, 0.29) is 17.2 Å². The van der Waals surface area contributed by atoms with Crippen LogP contribution in [0.15, 0.2) is 61.9 Å². The summed E-state index contributed by atoms with van der Waals surface area (Å²) < 4.78 is 11.5. The second-order valence-corrected chi connectivity index (χ2v) is 8.26. The lowest BCUT2D eigenvalue weighted by atomic mass is 10.1. The van der Waals surface area contributed by atoms with Crippen LogP contribution in [-0.2, 0) is 4.74 Å². The summed E-state index contributed by atoms with van der Waals surface area (Å²) in [6, 6.07) is 17.0. The standard InChI is InChI=1S/C16H9BrN2O4.C8H4BrNO/c1-22-16(21)9-5-12-14(6-13(9)20)23-15(19-12)8-3-2-4-11(17)10(8)7-18;9-8-3-1-2-6(5-11)7(8)4-10/h2-6,20H,1H3;1-3,5H. The molecule has 0 amide bonds. The largest absolute Gasteiger partial charge is 0.507 e. The minimum absolute atomic E-state index is 0.00500. The van der Waals surface area contributed by atoms with E-state index in [9.17, 15) is 20.0 Å². The van der Waals surface area contributed by atoms with Gasteiger partial charge in [-0.3, -0.25) is 4.79 Å². The molecule has 0 aliphatic rings. The molecule has 168 valence electrons. The summed E-state index contributed by atoms with van der Waals surface area (Å²) >= 11 is 6.47. The maximum atomic E-state index is 11.6. The Morgan fingerprint density at radius 2 is 1.74 bits per heavy atom. The highest BCUT2D eigenvalue weighted by atomic mass is 79.9. The molecule has 4 rings (SSSR count). The number of aromatic nitrogens is 1. The molecule has 3 aromatic carbocycles. The number of fused-ring (bicyclic) bond motifs is 1. The molecule has 1 heterocycles. The minimum Gasteiger partial charge on any atom is -0.507 e. The van der Waals surface area contributed by atoms with Crippen LogP contribution in [0.2, 0.25) is 0 Å². The van der Waals surface area contributed by atoms with Gasteiger partial charge in [-0.2, -0.15) is 10.5 Å². The van der Waals surface area contributed by atoms with Crippen LogP contribution >= 0.6 is 31.9 Å². The van der Waals surface area contributed by atoms with Gasteiger partial charge < -0.3 is 14.3 Å². The lowest BCUT2D eigenvalue weighted by molar-refractivity contribution is 0.0597. The maximum absolute atomic E-state index is 11.6. The van der Waals surface area contributed by atoms with Gasteiger partial charge in [-0.05, 0) is 56.1 Å². The average molecular weight is 583 g/mol. The number of rotatable bonds is 3. The molecule has 0 saturated heterocycles. The van der Waals surface area contributed by atoms with Crippen LogP contribution in [0.4, 0.5) is 0 Å². The molecule has 8 nitrogen and oxygen atoms in total. The Morgan fingerprint density at radius 1 is 1.09 bits per heavy atom. The predicted molar refractivity (Wildman–Crippen MR) is 129 cm³/mol. The number of hydrogen-bond acceptors (Lipinski definition) is 8. The van der Waals surface area contributed by atoms with Crippen molar-refractivity contribution in [1.29, 1.82) is 10.5 Å². The summed E-state index contributed by atoms with van der Waals surface area (Å²) in [5, 5.41) is 27.8. The molecule has 1 aromatic heterocycles. The number of esters is 1. The van der Waals surface area contributed by atoms with E-state index in [4.69, 9.17) is 9.68 Å². The summed E-state index contributed by atoms with van der Waals surface area (Å²) in [5.74, 6) is -0.713. The van der Waals surface area contributed by atoms with Crippen LogP contribution in [0.3, 0.4) is 0 Å². The van der Waals surface area contributed by atoms with Gasteiger partial charge in [0.2, 0.25) is 5.89 Å². The first kappa shape index (κ1) is 24.6. The lowest BCUT2D eigenvalue weighted by Crippen LogP contribution is -2.01. The second kappa shape index (κ2) is 10.8. The van der Waals surface area contributed by atoms with E-state index in [1.54, 1.807) is 36.4 Å². The number of phenolic OH excluding ortho intramolecular Hbond substituents is 1. The average Bonchev–Trinajstić information content (AvgIpc) is 3.25. The SMILES string of the molecule is COC(=O)c1cc2nc(-c3cccc(Br)c3C#N)oc2cc1O.N#Cc1c(Br)cccc1C=O. The molecule has 10 heteroatoms. The van der Waals surface area contributed by atoms with Crippen molar-refractivity contribution in [3.63, 3.8) is 0 Å². The van der Waals surface area contributed by atoms with E-state index in [1.807, 2.05) is 6.07 Å². The fraction of sp³-hybridized carbons (Fsp3) is 0.0417. The highest BCUT2D eigenvalue weighted by molar-refractivity contribution is 9.10. The first-order valence-corrected chi connectivity index (χ1v) is 11.0. The molecule has 34 heavy (non-hydrogen) atoms.